The summed E-state index contributed by atoms with van der Waals surface area (Å²) >= 11 is 0. The van der Waals surface area contributed by atoms with E-state index in [9.17, 15) is 35.5 Å². The monoisotopic (exact) mass is 520 g/mol. The summed E-state index contributed by atoms with van der Waals surface area (Å²) in [6.07, 6.45) is -11.9. The molecular weight excluding hydrogens is 493 g/mol. The molecule has 1 aliphatic heterocycles. The van der Waals surface area contributed by atoms with E-state index in [0.717, 1.165) is 0 Å². The predicted molar refractivity (Wildman–Crippen MR) is 119 cm³/mol. The number of nitrogens with one attached hydrogen (secondary N) is 1. The van der Waals surface area contributed by atoms with Crippen LogP contribution in [0.4, 0.5) is 35.5 Å². The fourth-order valence-corrected chi connectivity index (χ4v) is 4.06. The second-order valence-corrected chi connectivity index (χ2v) is 9.90. The molecular formula is C25H27F7N2O2. The quantitative estimate of drug-likeness (QED) is 0.445. The third-order valence-electron chi connectivity index (χ3n) is 5.79. The zero-order valence-corrected chi connectivity index (χ0v) is 20.1. The van der Waals surface area contributed by atoms with Crippen molar-refractivity contribution in [3.05, 3.63) is 70.5 Å². The van der Waals surface area contributed by atoms with Gasteiger partial charge in [0.05, 0.1) is 23.3 Å². The number of nitrogens with zero attached hydrogens (tertiary/aromatic N) is 1. The van der Waals surface area contributed by atoms with Crippen LogP contribution in [-0.2, 0) is 17.1 Å². The maximum absolute atomic E-state index is 13.5. The van der Waals surface area contributed by atoms with E-state index < -0.39 is 59.0 Å². The highest BCUT2D eigenvalue weighted by molar-refractivity contribution is 5.75. The first-order valence-electron chi connectivity index (χ1n) is 11.2. The highest BCUT2D eigenvalue weighted by Crippen LogP contribution is 2.39. The second-order valence-electron chi connectivity index (χ2n) is 9.90. The summed E-state index contributed by atoms with van der Waals surface area (Å²) in [6.45, 7) is 6.94. The minimum Gasteiger partial charge on any atom is -0.368 e. The van der Waals surface area contributed by atoms with Gasteiger partial charge < -0.3 is 15.0 Å². The molecule has 2 aromatic carbocycles. The molecule has 0 bridgehead atoms. The van der Waals surface area contributed by atoms with Crippen molar-refractivity contribution in [2.24, 2.45) is 0 Å². The summed E-state index contributed by atoms with van der Waals surface area (Å²) in [5, 5.41) is 2.82. The van der Waals surface area contributed by atoms with E-state index in [2.05, 4.69) is 5.32 Å². The molecule has 3 rings (SSSR count). The van der Waals surface area contributed by atoms with Crippen LogP contribution in [0.2, 0.25) is 0 Å². The first-order valence-corrected chi connectivity index (χ1v) is 11.2. The minimum absolute atomic E-state index is 0.0411. The number of amides is 2. The highest BCUT2D eigenvalue weighted by atomic mass is 19.4. The molecule has 0 radical (unpaired) electrons. The molecule has 1 aliphatic rings. The summed E-state index contributed by atoms with van der Waals surface area (Å²) in [6, 6.07) is 6.42. The maximum atomic E-state index is 13.5. The van der Waals surface area contributed by atoms with E-state index in [1.807, 2.05) is 0 Å². The summed E-state index contributed by atoms with van der Waals surface area (Å²) in [5.41, 5.74) is -3.08. The number of rotatable bonds is 4. The SMILES string of the molecule is C[C@@H](O[C@@H]1CN(C(=O)NC(C)(C)C)C[C@H]1c1ccc(F)cc1)c1cc(C(F)(F)F)cc(C(F)(F)F)c1. The summed E-state index contributed by atoms with van der Waals surface area (Å²) in [4.78, 5) is 14.2. The van der Waals surface area contributed by atoms with Crippen molar-refractivity contribution in [2.75, 3.05) is 13.1 Å². The molecule has 0 aromatic heterocycles. The minimum atomic E-state index is -4.98. The molecule has 0 unspecified atom stereocenters. The summed E-state index contributed by atoms with van der Waals surface area (Å²) in [5.74, 6) is -0.958. The molecule has 0 aliphatic carbocycles. The molecule has 1 fully saturated rings. The number of alkyl halides is 6. The van der Waals surface area contributed by atoms with Crippen LogP contribution in [0.5, 0.6) is 0 Å². The molecule has 0 saturated carbocycles. The molecule has 4 nitrogen and oxygen atoms in total. The third kappa shape index (κ3) is 6.89. The third-order valence-corrected chi connectivity index (χ3v) is 5.79. The van der Waals surface area contributed by atoms with Crippen LogP contribution in [0.15, 0.2) is 42.5 Å². The fourth-order valence-electron chi connectivity index (χ4n) is 4.06. The first kappa shape index (κ1) is 27.8. The van der Waals surface area contributed by atoms with Crippen molar-refractivity contribution < 1.29 is 40.3 Å². The predicted octanol–water partition coefficient (Wildman–Crippen LogP) is 6.92. The van der Waals surface area contributed by atoms with E-state index in [1.54, 1.807) is 20.8 Å². The van der Waals surface area contributed by atoms with Gasteiger partial charge in [-0.15, -0.1) is 0 Å². The largest absolute Gasteiger partial charge is 0.416 e. The lowest BCUT2D eigenvalue weighted by molar-refractivity contribution is -0.143. The first-order chi connectivity index (χ1) is 16.4. The summed E-state index contributed by atoms with van der Waals surface area (Å²) < 4.78 is 99.3. The second kappa shape index (κ2) is 9.91. The molecule has 11 heteroatoms. The molecule has 198 valence electrons. The van der Waals surface area contributed by atoms with Crippen molar-refractivity contribution in [3.8, 4) is 0 Å². The number of benzene rings is 2. The van der Waals surface area contributed by atoms with E-state index in [4.69, 9.17) is 4.74 Å². The van der Waals surface area contributed by atoms with E-state index in [1.165, 1.54) is 36.1 Å². The van der Waals surface area contributed by atoms with Gasteiger partial charge in [-0.2, -0.15) is 26.3 Å². The molecule has 36 heavy (non-hydrogen) atoms. The number of hydrogen-bond donors (Lipinski definition) is 1. The van der Waals surface area contributed by atoms with Gasteiger partial charge in [0, 0.05) is 24.5 Å². The van der Waals surface area contributed by atoms with Gasteiger partial charge in [0.25, 0.3) is 0 Å². The smallest absolute Gasteiger partial charge is 0.368 e. The normalized spacial score (nSPS) is 19.9. The number of likely N-dealkylation sites (tertiary alicyclic amines) is 1. The number of carbonyl (C=O) groups is 1. The van der Waals surface area contributed by atoms with Crippen molar-refractivity contribution in [1.82, 2.24) is 10.2 Å². The average Bonchev–Trinajstić information content (AvgIpc) is 3.15. The van der Waals surface area contributed by atoms with Crippen molar-refractivity contribution in [2.45, 2.75) is 63.7 Å². The molecule has 2 amide bonds. The van der Waals surface area contributed by atoms with Gasteiger partial charge >= 0.3 is 18.4 Å². The Morgan fingerprint density at radius 1 is 0.944 bits per heavy atom. The Kier molecular flexibility index (Phi) is 7.64. The van der Waals surface area contributed by atoms with Crippen LogP contribution in [0.25, 0.3) is 0 Å². The van der Waals surface area contributed by atoms with Gasteiger partial charge in [-0.1, -0.05) is 12.1 Å². The van der Waals surface area contributed by atoms with Crippen LogP contribution in [0, 0.1) is 5.82 Å². The van der Waals surface area contributed by atoms with E-state index >= 15 is 0 Å². The summed E-state index contributed by atoms with van der Waals surface area (Å²) in [7, 11) is 0. The van der Waals surface area contributed by atoms with Crippen molar-refractivity contribution in [1.29, 1.82) is 0 Å². The van der Waals surface area contributed by atoms with Crippen molar-refractivity contribution in [3.63, 3.8) is 0 Å². The fraction of sp³-hybridized carbons (Fsp3) is 0.480. The Morgan fingerprint density at radius 3 is 1.94 bits per heavy atom. The Labute approximate surface area is 204 Å². The van der Waals surface area contributed by atoms with Crippen LogP contribution in [0.3, 0.4) is 0 Å². The number of urea groups is 1. The average molecular weight is 520 g/mol. The highest BCUT2D eigenvalue weighted by Gasteiger charge is 2.40. The van der Waals surface area contributed by atoms with Gasteiger partial charge in [-0.3, -0.25) is 0 Å². The molecule has 2 aromatic rings. The Balaban J connectivity index is 1.92. The van der Waals surface area contributed by atoms with Gasteiger partial charge in [0.15, 0.2) is 0 Å². The van der Waals surface area contributed by atoms with Crippen LogP contribution >= 0.6 is 0 Å². The lowest BCUT2D eigenvalue weighted by Gasteiger charge is -2.26. The van der Waals surface area contributed by atoms with E-state index in [-0.39, 0.29) is 24.7 Å². The Bertz CT molecular complexity index is 1040. The van der Waals surface area contributed by atoms with Crippen LogP contribution in [0.1, 0.15) is 62.0 Å². The van der Waals surface area contributed by atoms with Crippen LogP contribution < -0.4 is 5.32 Å². The molecule has 0 spiro atoms. The van der Waals surface area contributed by atoms with Gasteiger partial charge in [-0.25, -0.2) is 9.18 Å². The maximum Gasteiger partial charge on any atom is 0.416 e. The standard InChI is InChI=1S/C25H27F7N2O2/c1-14(16-9-17(24(27,28)29)11-18(10-16)25(30,31)32)36-21-13-34(22(35)33-23(2,3)4)12-20(21)15-5-7-19(26)8-6-15/h5-11,14,20-21H,12-13H2,1-4H3,(H,33,35)/t14-,20+,21-/m1/s1. The Hall–Kier alpha value is -2.82. The number of ether oxygens (including phenoxy) is 1. The topological polar surface area (TPSA) is 41.6 Å². The molecule has 1 N–H and O–H groups in total. The van der Waals surface area contributed by atoms with E-state index in [0.29, 0.717) is 17.7 Å². The number of halogens is 7. The van der Waals surface area contributed by atoms with Gasteiger partial charge in [0.1, 0.15) is 5.82 Å². The zero-order valence-electron chi connectivity index (χ0n) is 20.1. The van der Waals surface area contributed by atoms with Crippen molar-refractivity contribution >= 4 is 6.03 Å². The van der Waals surface area contributed by atoms with Gasteiger partial charge in [-0.05, 0) is 69.2 Å². The van der Waals surface area contributed by atoms with Crippen LogP contribution in [-0.4, -0.2) is 35.7 Å². The zero-order chi connectivity index (χ0) is 27.1. The lowest BCUT2D eigenvalue weighted by Crippen LogP contribution is -2.48. The number of carbonyl (C=O) groups excluding carboxylic acids is 1. The lowest BCUT2D eigenvalue weighted by atomic mass is 9.95. The molecule has 1 saturated heterocycles. The molecule has 3 atom stereocenters. The Morgan fingerprint density at radius 2 is 1.47 bits per heavy atom. The van der Waals surface area contributed by atoms with Gasteiger partial charge in [0.2, 0.25) is 0 Å². The molecule has 1 heterocycles. The number of hydrogen-bond acceptors (Lipinski definition) is 2.